The van der Waals surface area contributed by atoms with Gasteiger partial charge in [0, 0.05) is 18.5 Å². The van der Waals surface area contributed by atoms with Gasteiger partial charge in [-0.25, -0.2) is 0 Å². The number of ketones is 1. The van der Waals surface area contributed by atoms with E-state index in [-0.39, 0.29) is 17.9 Å². The van der Waals surface area contributed by atoms with Crippen molar-refractivity contribution in [3.8, 4) is 0 Å². The van der Waals surface area contributed by atoms with Gasteiger partial charge in [0.25, 0.3) is 0 Å². The summed E-state index contributed by atoms with van der Waals surface area (Å²) in [6.45, 7) is 5.87. The van der Waals surface area contributed by atoms with Gasteiger partial charge in [-0.15, -0.1) is 0 Å². The quantitative estimate of drug-likeness (QED) is 0.808. The first kappa shape index (κ1) is 13.2. The van der Waals surface area contributed by atoms with E-state index in [1.807, 2.05) is 20.8 Å². The SMILES string of the molecule is CCC(N)CC(=O)c1c(Cl)cnn1C(C)C. The molecule has 1 rings (SSSR count). The average molecular weight is 244 g/mol. The number of rotatable bonds is 5. The number of halogens is 1. The molecule has 0 spiro atoms. The zero-order valence-electron chi connectivity index (χ0n) is 9.90. The van der Waals surface area contributed by atoms with Crippen molar-refractivity contribution in [2.45, 2.75) is 45.7 Å². The molecule has 0 saturated heterocycles. The number of carbonyl (C=O) groups excluding carboxylic acids is 1. The van der Waals surface area contributed by atoms with Gasteiger partial charge in [-0.1, -0.05) is 18.5 Å². The molecule has 0 bridgehead atoms. The topological polar surface area (TPSA) is 60.9 Å². The molecule has 4 nitrogen and oxygen atoms in total. The number of aromatic nitrogens is 2. The standard InChI is InChI=1S/C11H18ClN3O/c1-4-8(13)5-10(16)11-9(12)6-14-15(11)7(2)3/h6-8H,4-5,13H2,1-3H3. The first-order valence-electron chi connectivity index (χ1n) is 5.49. The molecule has 1 aromatic heterocycles. The molecule has 1 unspecified atom stereocenters. The summed E-state index contributed by atoms with van der Waals surface area (Å²) >= 11 is 5.97. The third-order valence-electron chi connectivity index (χ3n) is 2.48. The van der Waals surface area contributed by atoms with Crippen molar-refractivity contribution in [1.82, 2.24) is 9.78 Å². The van der Waals surface area contributed by atoms with Crippen molar-refractivity contribution in [2.75, 3.05) is 0 Å². The van der Waals surface area contributed by atoms with Gasteiger partial charge in [0.05, 0.1) is 11.2 Å². The van der Waals surface area contributed by atoms with Crippen LogP contribution in [0.25, 0.3) is 0 Å². The second-order valence-electron chi connectivity index (χ2n) is 4.18. The van der Waals surface area contributed by atoms with Crippen LogP contribution in [0.15, 0.2) is 6.20 Å². The lowest BCUT2D eigenvalue weighted by molar-refractivity contribution is 0.0961. The van der Waals surface area contributed by atoms with E-state index in [1.54, 1.807) is 4.68 Å². The minimum atomic E-state index is -0.112. The van der Waals surface area contributed by atoms with Gasteiger partial charge in [-0.3, -0.25) is 9.48 Å². The number of carbonyl (C=O) groups is 1. The zero-order valence-corrected chi connectivity index (χ0v) is 10.7. The molecule has 16 heavy (non-hydrogen) atoms. The summed E-state index contributed by atoms with van der Waals surface area (Å²) in [7, 11) is 0. The number of Topliss-reactive ketones (excluding diaryl/α,β-unsaturated/α-hetero) is 1. The normalized spacial score (nSPS) is 13.1. The highest BCUT2D eigenvalue weighted by atomic mass is 35.5. The second kappa shape index (κ2) is 5.46. The molecule has 2 N–H and O–H groups in total. The van der Waals surface area contributed by atoms with E-state index in [0.29, 0.717) is 17.1 Å². The Morgan fingerprint density at radius 3 is 2.75 bits per heavy atom. The number of nitrogens with two attached hydrogens (primary N) is 1. The Morgan fingerprint density at radius 1 is 1.62 bits per heavy atom. The number of hydrogen-bond donors (Lipinski definition) is 1. The largest absolute Gasteiger partial charge is 0.327 e. The van der Waals surface area contributed by atoms with E-state index in [0.717, 1.165) is 6.42 Å². The number of nitrogens with zero attached hydrogens (tertiary/aromatic N) is 2. The predicted molar refractivity (Wildman–Crippen MR) is 64.8 cm³/mol. The maximum atomic E-state index is 12.0. The van der Waals surface area contributed by atoms with Crippen LogP contribution in [0, 0.1) is 0 Å². The molecule has 0 fully saturated rings. The first-order chi connectivity index (χ1) is 7.47. The minimum Gasteiger partial charge on any atom is -0.327 e. The summed E-state index contributed by atoms with van der Waals surface area (Å²) in [5.74, 6) is -0.0365. The highest BCUT2D eigenvalue weighted by molar-refractivity contribution is 6.33. The summed E-state index contributed by atoms with van der Waals surface area (Å²) in [5.41, 5.74) is 6.24. The molecule has 0 radical (unpaired) electrons. The van der Waals surface area contributed by atoms with E-state index in [4.69, 9.17) is 17.3 Å². The second-order valence-corrected chi connectivity index (χ2v) is 4.58. The smallest absolute Gasteiger partial charge is 0.183 e. The molecule has 1 aromatic rings. The molecule has 1 atom stereocenters. The zero-order chi connectivity index (χ0) is 12.3. The van der Waals surface area contributed by atoms with Gasteiger partial charge in [-0.05, 0) is 20.3 Å². The maximum Gasteiger partial charge on any atom is 0.183 e. The molecule has 0 saturated carbocycles. The summed E-state index contributed by atoms with van der Waals surface area (Å²) in [6.07, 6.45) is 2.60. The van der Waals surface area contributed by atoms with Crippen LogP contribution >= 0.6 is 11.6 Å². The highest BCUT2D eigenvalue weighted by Crippen LogP contribution is 2.21. The van der Waals surface area contributed by atoms with Crippen LogP contribution < -0.4 is 5.73 Å². The van der Waals surface area contributed by atoms with Crippen LogP contribution in [-0.4, -0.2) is 21.6 Å². The maximum absolute atomic E-state index is 12.0. The fourth-order valence-corrected chi connectivity index (χ4v) is 1.71. The molecule has 1 heterocycles. The van der Waals surface area contributed by atoms with E-state index in [9.17, 15) is 4.79 Å². The lowest BCUT2D eigenvalue weighted by Crippen LogP contribution is -2.24. The van der Waals surface area contributed by atoms with E-state index >= 15 is 0 Å². The van der Waals surface area contributed by atoms with Crippen molar-refractivity contribution >= 4 is 17.4 Å². The lowest BCUT2D eigenvalue weighted by Gasteiger charge is -2.12. The molecule has 0 aliphatic heterocycles. The monoisotopic (exact) mass is 243 g/mol. The third-order valence-corrected chi connectivity index (χ3v) is 2.75. The van der Waals surface area contributed by atoms with Gasteiger partial charge in [-0.2, -0.15) is 5.10 Å². The Morgan fingerprint density at radius 2 is 2.25 bits per heavy atom. The van der Waals surface area contributed by atoms with Crippen molar-refractivity contribution in [1.29, 1.82) is 0 Å². The highest BCUT2D eigenvalue weighted by Gasteiger charge is 2.20. The van der Waals surface area contributed by atoms with Gasteiger partial charge >= 0.3 is 0 Å². The van der Waals surface area contributed by atoms with Crippen LogP contribution in [0.4, 0.5) is 0 Å². The summed E-state index contributed by atoms with van der Waals surface area (Å²) in [6, 6.07) is 0.00313. The molecule has 0 aliphatic rings. The summed E-state index contributed by atoms with van der Waals surface area (Å²) in [5, 5.41) is 4.50. The van der Waals surface area contributed by atoms with Crippen LogP contribution in [-0.2, 0) is 0 Å². The Hall–Kier alpha value is -0.870. The summed E-state index contributed by atoms with van der Waals surface area (Å²) < 4.78 is 1.65. The minimum absolute atomic E-state index is 0.0365. The van der Waals surface area contributed by atoms with E-state index in [2.05, 4.69) is 5.10 Å². The van der Waals surface area contributed by atoms with Crippen molar-refractivity contribution in [3.05, 3.63) is 16.9 Å². The van der Waals surface area contributed by atoms with Gasteiger partial charge in [0.15, 0.2) is 5.78 Å². The van der Waals surface area contributed by atoms with Crippen molar-refractivity contribution in [3.63, 3.8) is 0 Å². The third kappa shape index (κ3) is 2.83. The Kier molecular flexibility index (Phi) is 4.50. The van der Waals surface area contributed by atoms with Gasteiger partial charge in [0.2, 0.25) is 0 Å². The fraction of sp³-hybridized carbons (Fsp3) is 0.636. The molecule has 90 valence electrons. The van der Waals surface area contributed by atoms with Crippen molar-refractivity contribution in [2.24, 2.45) is 5.73 Å². The lowest BCUT2D eigenvalue weighted by atomic mass is 10.1. The van der Waals surface area contributed by atoms with E-state index < -0.39 is 0 Å². The number of hydrogen-bond acceptors (Lipinski definition) is 3. The Bertz CT molecular complexity index is 373. The molecule has 0 amide bonds. The molecule has 0 aromatic carbocycles. The molecule has 5 heteroatoms. The van der Waals surface area contributed by atoms with Gasteiger partial charge in [0.1, 0.15) is 5.69 Å². The fourth-order valence-electron chi connectivity index (χ4n) is 1.47. The average Bonchev–Trinajstić information content (AvgIpc) is 2.59. The Labute approximate surface area is 101 Å². The molecular weight excluding hydrogens is 226 g/mol. The van der Waals surface area contributed by atoms with Crippen LogP contribution in [0.1, 0.15) is 50.1 Å². The molecular formula is C11H18ClN3O. The predicted octanol–water partition coefficient (Wildman–Crippen LogP) is 2.43. The Balaban J connectivity index is 2.94. The van der Waals surface area contributed by atoms with E-state index in [1.165, 1.54) is 6.20 Å². The van der Waals surface area contributed by atoms with Crippen molar-refractivity contribution < 1.29 is 4.79 Å². The first-order valence-corrected chi connectivity index (χ1v) is 5.86. The van der Waals surface area contributed by atoms with Crippen LogP contribution in [0.2, 0.25) is 5.02 Å². The van der Waals surface area contributed by atoms with Gasteiger partial charge < -0.3 is 5.73 Å². The van der Waals surface area contributed by atoms with Crippen LogP contribution in [0.5, 0.6) is 0 Å². The van der Waals surface area contributed by atoms with Crippen LogP contribution in [0.3, 0.4) is 0 Å². The molecule has 0 aliphatic carbocycles. The summed E-state index contributed by atoms with van der Waals surface area (Å²) in [4.78, 5) is 12.0.